The molecule has 0 spiro atoms. The van der Waals surface area contributed by atoms with E-state index in [2.05, 4.69) is 26.7 Å². The topological polar surface area (TPSA) is 85.4 Å². The van der Waals surface area contributed by atoms with Crippen molar-refractivity contribution in [3.8, 4) is 11.5 Å². The van der Waals surface area contributed by atoms with E-state index in [0.29, 0.717) is 35.2 Å². The molecule has 2 aromatic carbocycles. The Kier molecular flexibility index (Phi) is 6.06. The van der Waals surface area contributed by atoms with Crippen LogP contribution in [-0.2, 0) is 6.54 Å². The Morgan fingerprint density at radius 1 is 1.00 bits per heavy atom. The number of rotatable bonds is 7. The summed E-state index contributed by atoms with van der Waals surface area (Å²) in [4.78, 5) is 20.8. The number of amides is 1. The van der Waals surface area contributed by atoms with Gasteiger partial charge in [0, 0.05) is 30.7 Å². The van der Waals surface area contributed by atoms with E-state index < -0.39 is 0 Å². The molecule has 144 valence electrons. The van der Waals surface area contributed by atoms with Crippen LogP contribution in [0.3, 0.4) is 0 Å². The third-order valence-corrected chi connectivity index (χ3v) is 4.09. The van der Waals surface area contributed by atoms with Gasteiger partial charge >= 0.3 is 0 Å². The summed E-state index contributed by atoms with van der Waals surface area (Å²) in [6.45, 7) is 2.66. The van der Waals surface area contributed by atoms with Crippen molar-refractivity contribution in [2.75, 3.05) is 24.9 Å². The van der Waals surface area contributed by atoms with Crippen molar-refractivity contribution >= 4 is 17.5 Å². The quantitative estimate of drug-likeness (QED) is 0.653. The fourth-order valence-corrected chi connectivity index (χ4v) is 2.66. The molecule has 0 aliphatic carbocycles. The number of nitrogens with zero attached hydrogens (tertiary/aromatic N) is 2. The molecule has 0 unspecified atom stereocenters. The number of carbonyl (C=O) groups is 1. The van der Waals surface area contributed by atoms with E-state index in [0.717, 1.165) is 5.56 Å². The van der Waals surface area contributed by atoms with Gasteiger partial charge in [-0.15, -0.1) is 0 Å². The molecule has 3 rings (SSSR count). The highest BCUT2D eigenvalue weighted by Crippen LogP contribution is 2.29. The van der Waals surface area contributed by atoms with E-state index >= 15 is 0 Å². The second-order valence-electron chi connectivity index (χ2n) is 6.16. The molecule has 0 atom stereocenters. The van der Waals surface area contributed by atoms with Crippen molar-refractivity contribution in [1.29, 1.82) is 0 Å². The first-order valence-electron chi connectivity index (χ1n) is 8.74. The largest absolute Gasteiger partial charge is 0.493 e. The van der Waals surface area contributed by atoms with Gasteiger partial charge in [-0.05, 0) is 24.6 Å². The molecule has 7 nitrogen and oxygen atoms in total. The van der Waals surface area contributed by atoms with E-state index in [1.54, 1.807) is 32.4 Å². The molecule has 7 heteroatoms. The number of anilines is 2. The van der Waals surface area contributed by atoms with Gasteiger partial charge < -0.3 is 20.1 Å². The van der Waals surface area contributed by atoms with Crippen LogP contribution in [0.25, 0.3) is 0 Å². The van der Waals surface area contributed by atoms with Gasteiger partial charge in [-0.1, -0.05) is 29.8 Å². The van der Waals surface area contributed by atoms with Crippen molar-refractivity contribution in [2.24, 2.45) is 0 Å². The van der Waals surface area contributed by atoms with Crippen LogP contribution in [0, 0.1) is 6.92 Å². The number of ether oxygens (including phenoxy) is 2. The lowest BCUT2D eigenvalue weighted by Gasteiger charge is -2.10. The number of aromatic nitrogens is 2. The maximum Gasteiger partial charge on any atom is 0.258 e. The first-order chi connectivity index (χ1) is 13.6. The van der Waals surface area contributed by atoms with Gasteiger partial charge in [0.1, 0.15) is 0 Å². The number of benzene rings is 2. The highest BCUT2D eigenvalue weighted by Gasteiger charge is 2.10. The zero-order valence-electron chi connectivity index (χ0n) is 16.0. The number of methoxy groups -OCH3 is 2. The van der Waals surface area contributed by atoms with E-state index in [1.165, 1.54) is 18.0 Å². The van der Waals surface area contributed by atoms with Gasteiger partial charge in [0.2, 0.25) is 5.95 Å². The molecule has 0 saturated carbocycles. The SMILES string of the molecule is COc1ccc(NC(=O)c2cnc(NCc3cccc(C)c3)nc2)cc1OC. The zero-order chi connectivity index (χ0) is 19.9. The summed E-state index contributed by atoms with van der Waals surface area (Å²) in [5, 5.41) is 5.94. The Balaban J connectivity index is 1.62. The fraction of sp³-hybridized carbons (Fsp3) is 0.190. The van der Waals surface area contributed by atoms with E-state index in [1.807, 2.05) is 25.1 Å². The molecular formula is C21H22N4O3. The Labute approximate surface area is 163 Å². The lowest BCUT2D eigenvalue weighted by atomic mass is 10.1. The van der Waals surface area contributed by atoms with Crippen LogP contribution in [0.4, 0.5) is 11.6 Å². The van der Waals surface area contributed by atoms with Crippen molar-refractivity contribution in [2.45, 2.75) is 13.5 Å². The molecule has 1 aromatic heterocycles. The summed E-state index contributed by atoms with van der Waals surface area (Å²) in [5.41, 5.74) is 3.28. The predicted molar refractivity (Wildman–Crippen MR) is 108 cm³/mol. The average Bonchev–Trinajstić information content (AvgIpc) is 2.72. The normalized spacial score (nSPS) is 10.2. The number of nitrogens with one attached hydrogen (secondary N) is 2. The molecule has 1 amide bonds. The van der Waals surface area contributed by atoms with Gasteiger partial charge in [0.05, 0.1) is 19.8 Å². The monoisotopic (exact) mass is 378 g/mol. The minimum Gasteiger partial charge on any atom is -0.493 e. The predicted octanol–water partition coefficient (Wildman–Crippen LogP) is 3.67. The lowest BCUT2D eigenvalue weighted by molar-refractivity contribution is 0.102. The van der Waals surface area contributed by atoms with E-state index in [-0.39, 0.29) is 5.91 Å². The molecule has 0 saturated heterocycles. The fourth-order valence-electron chi connectivity index (χ4n) is 2.66. The van der Waals surface area contributed by atoms with Crippen LogP contribution >= 0.6 is 0 Å². The van der Waals surface area contributed by atoms with Crippen molar-refractivity contribution in [1.82, 2.24) is 9.97 Å². The number of aryl methyl sites for hydroxylation is 1. The summed E-state index contributed by atoms with van der Waals surface area (Å²) in [5.74, 6) is 1.28. The summed E-state index contributed by atoms with van der Waals surface area (Å²) < 4.78 is 10.4. The maximum absolute atomic E-state index is 12.4. The second-order valence-corrected chi connectivity index (χ2v) is 6.16. The molecule has 2 N–H and O–H groups in total. The van der Waals surface area contributed by atoms with Gasteiger partial charge in [-0.2, -0.15) is 0 Å². The smallest absolute Gasteiger partial charge is 0.258 e. The molecule has 3 aromatic rings. The minimum absolute atomic E-state index is 0.308. The maximum atomic E-state index is 12.4. The third-order valence-electron chi connectivity index (χ3n) is 4.09. The van der Waals surface area contributed by atoms with Gasteiger partial charge in [-0.25, -0.2) is 9.97 Å². The van der Waals surface area contributed by atoms with Crippen molar-refractivity contribution in [3.05, 3.63) is 71.5 Å². The second kappa shape index (κ2) is 8.85. The molecule has 0 aliphatic heterocycles. The molecule has 0 radical (unpaired) electrons. The van der Waals surface area contributed by atoms with Crippen LogP contribution in [-0.4, -0.2) is 30.1 Å². The molecule has 0 bridgehead atoms. The molecule has 1 heterocycles. The van der Waals surface area contributed by atoms with Crippen molar-refractivity contribution in [3.63, 3.8) is 0 Å². The van der Waals surface area contributed by atoms with Crippen LogP contribution < -0.4 is 20.1 Å². The van der Waals surface area contributed by atoms with Crippen LogP contribution in [0.1, 0.15) is 21.5 Å². The standard InChI is InChI=1S/C21H22N4O3/c1-14-5-4-6-15(9-14)11-22-21-23-12-16(13-24-21)20(26)25-17-7-8-18(27-2)19(10-17)28-3/h4-10,12-13H,11H2,1-3H3,(H,25,26)(H,22,23,24). The molecule has 0 fully saturated rings. The number of carbonyl (C=O) groups excluding carboxylic acids is 1. The Morgan fingerprint density at radius 3 is 2.43 bits per heavy atom. The molecule has 28 heavy (non-hydrogen) atoms. The van der Waals surface area contributed by atoms with E-state index in [9.17, 15) is 4.79 Å². The highest BCUT2D eigenvalue weighted by molar-refractivity contribution is 6.04. The van der Waals surface area contributed by atoms with E-state index in [4.69, 9.17) is 9.47 Å². The average molecular weight is 378 g/mol. The molecular weight excluding hydrogens is 356 g/mol. The Hall–Kier alpha value is -3.61. The zero-order valence-corrected chi connectivity index (χ0v) is 16.0. The van der Waals surface area contributed by atoms with Gasteiger partial charge in [0.25, 0.3) is 5.91 Å². The molecule has 0 aliphatic rings. The minimum atomic E-state index is -0.308. The Bertz CT molecular complexity index is 958. The highest BCUT2D eigenvalue weighted by atomic mass is 16.5. The van der Waals surface area contributed by atoms with Crippen LogP contribution in [0.5, 0.6) is 11.5 Å². The Morgan fingerprint density at radius 2 is 1.75 bits per heavy atom. The summed E-state index contributed by atoms with van der Waals surface area (Å²) in [6.07, 6.45) is 2.98. The van der Waals surface area contributed by atoms with Crippen LogP contribution in [0.2, 0.25) is 0 Å². The first kappa shape index (κ1) is 19.2. The first-order valence-corrected chi connectivity index (χ1v) is 8.74. The summed E-state index contributed by atoms with van der Waals surface area (Å²) >= 11 is 0. The van der Waals surface area contributed by atoms with Gasteiger partial charge in [-0.3, -0.25) is 4.79 Å². The number of hydrogen-bond acceptors (Lipinski definition) is 6. The van der Waals surface area contributed by atoms with Crippen LogP contribution in [0.15, 0.2) is 54.9 Å². The summed E-state index contributed by atoms with van der Waals surface area (Å²) in [6, 6.07) is 13.3. The summed E-state index contributed by atoms with van der Waals surface area (Å²) in [7, 11) is 3.10. The van der Waals surface area contributed by atoms with Crippen molar-refractivity contribution < 1.29 is 14.3 Å². The lowest BCUT2D eigenvalue weighted by Crippen LogP contribution is -2.13. The van der Waals surface area contributed by atoms with Gasteiger partial charge in [0.15, 0.2) is 11.5 Å². The third kappa shape index (κ3) is 4.76. The number of hydrogen-bond donors (Lipinski definition) is 2.